The van der Waals surface area contributed by atoms with E-state index in [2.05, 4.69) is 31.4 Å². The first kappa shape index (κ1) is 14.3. The molecule has 0 aliphatic carbocycles. The predicted octanol–water partition coefficient (Wildman–Crippen LogP) is 1.53. The van der Waals surface area contributed by atoms with Gasteiger partial charge in [0.1, 0.15) is 17.5 Å². The molecule has 2 aromatic rings. The number of hydrogen-bond acceptors (Lipinski definition) is 4. The molecule has 0 fully saturated rings. The third kappa shape index (κ3) is 3.05. The van der Waals surface area contributed by atoms with E-state index in [0.717, 1.165) is 4.47 Å². The van der Waals surface area contributed by atoms with E-state index in [1.165, 1.54) is 10.9 Å². The Morgan fingerprint density at radius 3 is 2.90 bits per heavy atom. The number of carbonyl (C=O) groups excluding carboxylic acids is 1. The van der Waals surface area contributed by atoms with Gasteiger partial charge in [-0.1, -0.05) is 6.92 Å². The number of nitrogens with zero attached hydrogens (tertiary/aromatic N) is 5. The number of aryl methyl sites for hydroxylation is 1. The van der Waals surface area contributed by atoms with Gasteiger partial charge in [0.2, 0.25) is 5.91 Å². The van der Waals surface area contributed by atoms with Crippen LogP contribution in [0.5, 0.6) is 0 Å². The van der Waals surface area contributed by atoms with Crippen LogP contribution in [0.4, 0.5) is 5.82 Å². The average Bonchev–Trinajstić information content (AvgIpc) is 2.97. The zero-order chi connectivity index (χ0) is 14.7. The van der Waals surface area contributed by atoms with Gasteiger partial charge in [0.05, 0.1) is 29.3 Å². The van der Waals surface area contributed by atoms with Crippen molar-refractivity contribution < 1.29 is 4.79 Å². The fourth-order valence-corrected chi connectivity index (χ4v) is 2.04. The number of aromatic nitrogens is 4. The second kappa shape index (κ2) is 5.88. The van der Waals surface area contributed by atoms with Gasteiger partial charge in [-0.15, -0.1) is 0 Å². The van der Waals surface area contributed by atoms with Gasteiger partial charge in [0.15, 0.2) is 0 Å². The molecule has 0 bridgehead atoms. The fourth-order valence-electron chi connectivity index (χ4n) is 1.71. The van der Waals surface area contributed by atoms with E-state index in [4.69, 9.17) is 5.26 Å². The van der Waals surface area contributed by atoms with Gasteiger partial charge < -0.3 is 5.32 Å². The van der Waals surface area contributed by atoms with Crippen LogP contribution in [0.2, 0.25) is 0 Å². The van der Waals surface area contributed by atoms with Crippen LogP contribution in [-0.4, -0.2) is 25.5 Å². The molecule has 2 aromatic heterocycles. The Hall–Kier alpha value is -2.14. The molecule has 2 heterocycles. The average molecular weight is 337 g/mol. The zero-order valence-corrected chi connectivity index (χ0v) is 12.6. The third-order valence-electron chi connectivity index (χ3n) is 2.81. The number of rotatable bonds is 4. The second-order valence-corrected chi connectivity index (χ2v) is 5.33. The normalized spacial score (nSPS) is 11.9. The van der Waals surface area contributed by atoms with Crippen LogP contribution in [0.1, 0.15) is 12.5 Å². The maximum Gasteiger partial charge on any atom is 0.230 e. The highest BCUT2D eigenvalue weighted by Crippen LogP contribution is 2.15. The first-order valence-electron chi connectivity index (χ1n) is 5.92. The number of nitriles is 1. The highest BCUT2D eigenvalue weighted by molar-refractivity contribution is 9.10. The van der Waals surface area contributed by atoms with Crippen molar-refractivity contribution in [2.24, 2.45) is 13.0 Å². The molecule has 20 heavy (non-hydrogen) atoms. The van der Waals surface area contributed by atoms with Gasteiger partial charge in [-0.3, -0.25) is 14.2 Å². The van der Waals surface area contributed by atoms with Crippen molar-refractivity contribution in [1.29, 1.82) is 5.26 Å². The van der Waals surface area contributed by atoms with Crippen LogP contribution in [0.3, 0.4) is 0 Å². The molecule has 1 unspecified atom stereocenters. The van der Waals surface area contributed by atoms with E-state index in [0.29, 0.717) is 17.9 Å². The van der Waals surface area contributed by atoms with Crippen molar-refractivity contribution in [1.82, 2.24) is 19.6 Å². The number of carbonyl (C=O) groups is 1. The Bertz CT molecular complexity index is 668. The molecule has 0 saturated carbocycles. The van der Waals surface area contributed by atoms with Crippen molar-refractivity contribution in [2.45, 2.75) is 13.5 Å². The van der Waals surface area contributed by atoms with Crippen molar-refractivity contribution in [3.63, 3.8) is 0 Å². The molecule has 0 radical (unpaired) electrons. The largest absolute Gasteiger partial charge is 0.310 e. The van der Waals surface area contributed by atoms with Gasteiger partial charge in [-0.25, -0.2) is 0 Å². The standard InChI is InChI=1S/C12H13BrN6O/c1-8(6-19-7-10(13)5-16-19)12(20)17-11-9(3-14)4-15-18(11)2/h4-5,7-8H,6H2,1-2H3,(H,17,20). The molecule has 8 heteroatoms. The summed E-state index contributed by atoms with van der Waals surface area (Å²) >= 11 is 3.30. The number of halogens is 1. The number of nitrogens with one attached hydrogen (secondary N) is 1. The van der Waals surface area contributed by atoms with Crippen LogP contribution in [0.15, 0.2) is 23.1 Å². The van der Waals surface area contributed by atoms with Crippen LogP contribution >= 0.6 is 15.9 Å². The molecule has 1 atom stereocenters. The van der Waals surface area contributed by atoms with Crippen LogP contribution in [0, 0.1) is 17.2 Å². The van der Waals surface area contributed by atoms with Crippen molar-refractivity contribution >= 4 is 27.7 Å². The topological polar surface area (TPSA) is 88.5 Å². The first-order chi connectivity index (χ1) is 9.51. The van der Waals surface area contributed by atoms with Crippen molar-refractivity contribution in [3.8, 4) is 6.07 Å². The van der Waals surface area contributed by atoms with Gasteiger partial charge >= 0.3 is 0 Å². The van der Waals surface area contributed by atoms with E-state index in [1.807, 2.05) is 6.07 Å². The van der Waals surface area contributed by atoms with E-state index < -0.39 is 0 Å². The van der Waals surface area contributed by atoms with Crippen LogP contribution in [-0.2, 0) is 18.4 Å². The lowest BCUT2D eigenvalue weighted by atomic mass is 10.1. The zero-order valence-electron chi connectivity index (χ0n) is 11.0. The molecule has 0 spiro atoms. The summed E-state index contributed by atoms with van der Waals surface area (Å²) in [7, 11) is 1.67. The molecule has 1 amide bonds. The molecule has 0 aromatic carbocycles. The number of hydrogen-bond donors (Lipinski definition) is 1. The summed E-state index contributed by atoms with van der Waals surface area (Å²) in [6.45, 7) is 2.25. The maximum absolute atomic E-state index is 12.1. The Labute approximate surface area is 124 Å². The highest BCUT2D eigenvalue weighted by Gasteiger charge is 2.18. The summed E-state index contributed by atoms with van der Waals surface area (Å²) in [5, 5.41) is 19.7. The Kier molecular flexibility index (Phi) is 4.20. The SMILES string of the molecule is CC(Cn1cc(Br)cn1)C(=O)Nc1c(C#N)cnn1C. The van der Waals surface area contributed by atoms with E-state index in [1.54, 1.807) is 31.0 Å². The molecular weight excluding hydrogens is 324 g/mol. The number of amides is 1. The Morgan fingerprint density at radius 2 is 2.30 bits per heavy atom. The van der Waals surface area contributed by atoms with E-state index >= 15 is 0 Å². The lowest BCUT2D eigenvalue weighted by Crippen LogP contribution is -2.26. The molecule has 2 rings (SSSR count). The van der Waals surface area contributed by atoms with Crippen LogP contribution < -0.4 is 5.32 Å². The quantitative estimate of drug-likeness (QED) is 0.916. The van der Waals surface area contributed by atoms with Crippen LogP contribution in [0.25, 0.3) is 0 Å². The fraction of sp³-hybridized carbons (Fsp3) is 0.333. The first-order valence-corrected chi connectivity index (χ1v) is 6.71. The summed E-state index contributed by atoms with van der Waals surface area (Å²) in [5.41, 5.74) is 0.342. The maximum atomic E-state index is 12.1. The van der Waals surface area contributed by atoms with E-state index in [-0.39, 0.29) is 11.8 Å². The summed E-state index contributed by atoms with van der Waals surface area (Å²) < 4.78 is 4.01. The lowest BCUT2D eigenvalue weighted by molar-refractivity contribution is -0.119. The minimum atomic E-state index is -0.289. The smallest absolute Gasteiger partial charge is 0.230 e. The predicted molar refractivity (Wildman–Crippen MR) is 75.6 cm³/mol. The molecular formula is C12H13BrN6O. The van der Waals surface area contributed by atoms with Gasteiger partial charge in [0.25, 0.3) is 0 Å². The monoisotopic (exact) mass is 336 g/mol. The molecule has 7 nitrogen and oxygen atoms in total. The minimum Gasteiger partial charge on any atom is -0.310 e. The molecule has 0 saturated heterocycles. The molecule has 0 aliphatic rings. The van der Waals surface area contributed by atoms with Gasteiger partial charge in [-0.2, -0.15) is 15.5 Å². The third-order valence-corrected chi connectivity index (χ3v) is 3.22. The van der Waals surface area contributed by atoms with E-state index in [9.17, 15) is 4.79 Å². The summed E-state index contributed by atoms with van der Waals surface area (Å²) in [6, 6.07) is 1.99. The number of anilines is 1. The van der Waals surface area contributed by atoms with Gasteiger partial charge in [-0.05, 0) is 15.9 Å². The Morgan fingerprint density at radius 1 is 1.55 bits per heavy atom. The lowest BCUT2D eigenvalue weighted by Gasteiger charge is -2.12. The molecule has 0 aliphatic heterocycles. The summed E-state index contributed by atoms with van der Waals surface area (Å²) in [5.74, 6) is -0.0639. The minimum absolute atomic E-state index is 0.184. The van der Waals surface area contributed by atoms with Crippen molar-refractivity contribution in [2.75, 3.05) is 5.32 Å². The summed E-state index contributed by atoms with van der Waals surface area (Å²) in [4.78, 5) is 12.1. The Balaban J connectivity index is 2.04. The molecule has 104 valence electrons. The highest BCUT2D eigenvalue weighted by atomic mass is 79.9. The second-order valence-electron chi connectivity index (χ2n) is 4.41. The van der Waals surface area contributed by atoms with Gasteiger partial charge in [0, 0.05) is 13.2 Å². The molecule has 1 N–H and O–H groups in total. The van der Waals surface area contributed by atoms with Crippen molar-refractivity contribution in [3.05, 3.63) is 28.6 Å². The summed E-state index contributed by atoms with van der Waals surface area (Å²) in [6.07, 6.45) is 4.89.